The number of benzene rings is 1. The summed E-state index contributed by atoms with van der Waals surface area (Å²) in [4.78, 5) is 33.3. The summed E-state index contributed by atoms with van der Waals surface area (Å²) < 4.78 is 5.07. The highest BCUT2D eigenvalue weighted by Crippen LogP contribution is 2.12. The van der Waals surface area contributed by atoms with Gasteiger partial charge in [-0.05, 0) is 38.1 Å². The van der Waals surface area contributed by atoms with Crippen LogP contribution in [0, 0.1) is 5.92 Å². The van der Waals surface area contributed by atoms with Crippen LogP contribution in [0.1, 0.15) is 24.2 Å². The van der Waals surface area contributed by atoms with E-state index >= 15 is 0 Å². The van der Waals surface area contributed by atoms with E-state index in [0.717, 1.165) is 0 Å². The van der Waals surface area contributed by atoms with Gasteiger partial charge in [0.25, 0.3) is 11.8 Å². The predicted octanol–water partition coefficient (Wildman–Crippen LogP) is 0.390. The Hall–Kier alpha value is -2.57. The number of nitrogens with one attached hydrogen (secondary N) is 1. The summed E-state index contributed by atoms with van der Waals surface area (Å²) in [6, 6.07) is 5.60. The maximum absolute atomic E-state index is 11.9. The van der Waals surface area contributed by atoms with Gasteiger partial charge in [0.15, 0.2) is 6.61 Å². The van der Waals surface area contributed by atoms with Gasteiger partial charge in [-0.1, -0.05) is 0 Å². The highest BCUT2D eigenvalue weighted by atomic mass is 16.5. The zero-order valence-electron chi connectivity index (χ0n) is 11.8. The average molecular weight is 294 g/mol. The summed E-state index contributed by atoms with van der Waals surface area (Å²) in [5.41, 5.74) is 5.32. The molecule has 0 radical (unpaired) electrons. The summed E-state index contributed by atoms with van der Waals surface area (Å²) in [6.45, 7) is 2.91. The van der Waals surface area contributed by atoms with Crippen molar-refractivity contribution in [1.82, 2.24) is 5.32 Å². The van der Waals surface area contributed by atoms with Crippen molar-refractivity contribution in [3.8, 4) is 5.75 Å². The number of carboxylic acid groups (broad SMARTS) is 1. The third-order valence-electron chi connectivity index (χ3n) is 3.00. The van der Waals surface area contributed by atoms with Gasteiger partial charge in [-0.2, -0.15) is 0 Å². The number of hydrogen-bond donors (Lipinski definition) is 3. The quantitative estimate of drug-likeness (QED) is 0.672. The van der Waals surface area contributed by atoms with Crippen molar-refractivity contribution in [2.45, 2.75) is 19.9 Å². The summed E-state index contributed by atoms with van der Waals surface area (Å²) in [5.74, 6) is -2.22. The molecular weight excluding hydrogens is 276 g/mol. The Bertz CT molecular complexity index is 527. The Morgan fingerprint density at radius 2 is 1.81 bits per heavy atom. The van der Waals surface area contributed by atoms with E-state index in [4.69, 9.17) is 15.6 Å². The second-order valence-corrected chi connectivity index (χ2v) is 4.67. The van der Waals surface area contributed by atoms with Crippen LogP contribution in [0.5, 0.6) is 5.75 Å². The molecule has 1 rings (SSSR count). The first kappa shape index (κ1) is 16.5. The average Bonchev–Trinajstić information content (AvgIpc) is 2.44. The van der Waals surface area contributed by atoms with Crippen LogP contribution in [-0.2, 0) is 9.59 Å². The highest BCUT2D eigenvalue weighted by molar-refractivity contribution is 5.94. The van der Waals surface area contributed by atoms with Crippen LogP contribution >= 0.6 is 0 Å². The van der Waals surface area contributed by atoms with Gasteiger partial charge >= 0.3 is 5.97 Å². The Labute approximate surface area is 122 Å². The summed E-state index contributed by atoms with van der Waals surface area (Å²) in [6.07, 6.45) is 0. The normalized spacial score (nSPS) is 13.0. The Kier molecular flexibility index (Phi) is 5.71. The Morgan fingerprint density at radius 3 is 2.29 bits per heavy atom. The molecule has 0 heterocycles. The lowest BCUT2D eigenvalue weighted by Crippen LogP contribution is -2.40. The van der Waals surface area contributed by atoms with Crippen molar-refractivity contribution in [2.75, 3.05) is 6.61 Å². The highest BCUT2D eigenvalue weighted by Gasteiger charge is 2.21. The monoisotopic (exact) mass is 294 g/mol. The minimum Gasteiger partial charge on any atom is -0.484 e. The number of carbonyl (C=O) groups is 3. The van der Waals surface area contributed by atoms with Crippen LogP contribution in [0.4, 0.5) is 0 Å². The van der Waals surface area contributed by atoms with Crippen molar-refractivity contribution < 1.29 is 24.2 Å². The molecule has 114 valence electrons. The fourth-order valence-electron chi connectivity index (χ4n) is 1.49. The molecule has 7 heteroatoms. The van der Waals surface area contributed by atoms with Crippen LogP contribution in [0.3, 0.4) is 0 Å². The van der Waals surface area contributed by atoms with E-state index in [1.807, 2.05) is 0 Å². The van der Waals surface area contributed by atoms with E-state index in [1.54, 1.807) is 6.92 Å². The standard InChI is InChI=1S/C14H18N2O5/c1-8(14(19)20)9(2)16-13(18)10-3-5-11(6-4-10)21-7-12(15)17/h3-6,8-9H,7H2,1-2H3,(H2,15,17)(H,16,18)(H,19,20). The largest absolute Gasteiger partial charge is 0.484 e. The van der Waals surface area contributed by atoms with E-state index in [2.05, 4.69) is 5.32 Å². The first-order valence-electron chi connectivity index (χ1n) is 6.36. The van der Waals surface area contributed by atoms with Crippen molar-refractivity contribution in [3.63, 3.8) is 0 Å². The van der Waals surface area contributed by atoms with Gasteiger partial charge in [0.1, 0.15) is 5.75 Å². The molecule has 0 saturated heterocycles. The Balaban J connectivity index is 2.63. The molecule has 0 aliphatic rings. The number of carboxylic acids is 1. The van der Waals surface area contributed by atoms with Crippen LogP contribution in [0.25, 0.3) is 0 Å². The molecule has 0 aliphatic heterocycles. The third-order valence-corrected chi connectivity index (χ3v) is 3.00. The van der Waals surface area contributed by atoms with Gasteiger partial charge in [0.2, 0.25) is 0 Å². The lowest BCUT2D eigenvalue weighted by Gasteiger charge is -2.17. The van der Waals surface area contributed by atoms with E-state index < -0.39 is 23.8 Å². The fraction of sp³-hybridized carbons (Fsp3) is 0.357. The van der Waals surface area contributed by atoms with Gasteiger partial charge in [0.05, 0.1) is 5.92 Å². The minimum absolute atomic E-state index is 0.237. The number of nitrogens with two attached hydrogens (primary N) is 1. The van der Waals surface area contributed by atoms with Gasteiger partial charge in [-0.25, -0.2) is 0 Å². The second kappa shape index (κ2) is 7.28. The molecule has 2 unspecified atom stereocenters. The predicted molar refractivity (Wildman–Crippen MR) is 74.9 cm³/mol. The molecule has 4 N–H and O–H groups in total. The summed E-state index contributed by atoms with van der Waals surface area (Å²) in [7, 11) is 0. The molecule has 0 aromatic heterocycles. The van der Waals surface area contributed by atoms with Gasteiger partial charge in [-0.15, -0.1) is 0 Å². The molecule has 1 aromatic rings. The van der Waals surface area contributed by atoms with Gasteiger partial charge in [-0.3, -0.25) is 14.4 Å². The summed E-state index contributed by atoms with van der Waals surface area (Å²) in [5, 5.41) is 11.5. The van der Waals surface area contributed by atoms with Crippen LogP contribution in [-0.4, -0.2) is 35.5 Å². The Morgan fingerprint density at radius 1 is 1.24 bits per heavy atom. The SMILES string of the molecule is CC(NC(=O)c1ccc(OCC(N)=O)cc1)C(C)C(=O)O. The van der Waals surface area contributed by atoms with Gasteiger partial charge in [0, 0.05) is 11.6 Å². The van der Waals surface area contributed by atoms with Crippen molar-refractivity contribution in [2.24, 2.45) is 11.7 Å². The number of carbonyl (C=O) groups excluding carboxylic acids is 2. The van der Waals surface area contributed by atoms with Crippen molar-refractivity contribution in [1.29, 1.82) is 0 Å². The van der Waals surface area contributed by atoms with Crippen LogP contribution in [0.15, 0.2) is 24.3 Å². The smallest absolute Gasteiger partial charge is 0.308 e. The molecule has 0 bridgehead atoms. The molecule has 21 heavy (non-hydrogen) atoms. The molecular formula is C14H18N2O5. The van der Waals surface area contributed by atoms with E-state index in [-0.39, 0.29) is 12.5 Å². The first-order valence-corrected chi connectivity index (χ1v) is 6.36. The fourth-order valence-corrected chi connectivity index (χ4v) is 1.49. The van der Waals surface area contributed by atoms with E-state index in [1.165, 1.54) is 31.2 Å². The lowest BCUT2D eigenvalue weighted by molar-refractivity contribution is -0.141. The van der Waals surface area contributed by atoms with Crippen LogP contribution < -0.4 is 15.8 Å². The molecule has 0 fully saturated rings. The maximum Gasteiger partial charge on any atom is 0.308 e. The molecule has 0 spiro atoms. The number of primary amides is 1. The summed E-state index contributed by atoms with van der Waals surface area (Å²) >= 11 is 0. The first-order chi connectivity index (χ1) is 9.81. The maximum atomic E-state index is 11.9. The molecule has 0 aliphatic carbocycles. The molecule has 2 atom stereocenters. The number of ether oxygens (including phenoxy) is 1. The number of aliphatic carboxylic acids is 1. The number of rotatable bonds is 7. The molecule has 2 amide bonds. The second-order valence-electron chi connectivity index (χ2n) is 4.67. The van der Waals surface area contributed by atoms with E-state index in [0.29, 0.717) is 11.3 Å². The van der Waals surface area contributed by atoms with E-state index in [9.17, 15) is 14.4 Å². The zero-order valence-corrected chi connectivity index (χ0v) is 11.8. The van der Waals surface area contributed by atoms with Gasteiger partial charge < -0.3 is 20.9 Å². The van der Waals surface area contributed by atoms with Crippen molar-refractivity contribution in [3.05, 3.63) is 29.8 Å². The van der Waals surface area contributed by atoms with Crippen molar-refractivity contribution >= 4 is 17.8 Å². The van der Waals surface area contributed by atoms with Crippen LogP contribution in [0.2, 0.25) is 0 Å². The number of hydrogen-bond acceptors (Lipinski definition) is 4. The molecule has 0 saturated carbocycles. The zero-order chi connectivity index (χ0) is 16.0. The third kappa shape index (κ3) is 5.13. The lowest BCUT2D eigenvalue weighted by atomic mass is 10.0. The topological polar surface area (TPSA) is 119 Å². The number of amides is 2. The molecule has 1 aromatic carbocycles. The minimum atomic E-state index is -0.974. The molecule has 7 nitrogen and oxygen atoms in total.